The highest BCUT2D eigenvalue weighted by Crippen LogP contribution is 2.29. The van der Waals surface area contributed by atoms with E-state index in [-0.39, 0.29) is 6.04 Å². The van der Waals surface area contributed by atoms with Gasteiger partial charge >= 0.3 is 0 Å². The Hall–Kier alpha value is -0.720. The molecular formula is C9H11BrN4S. The molecule has 2 rings (SSSR count). The van der Waals surface area contributed by atoms with Crippen LogP contribution in [-0.4, -0.2) is 22.0 Å². The molecule has 0 aliphatic carbocycles. The normalized spacial score (nSPS) is 13.0. The SMILES string of the molecule is CNC(c1cc(Br)cs1)c1cnnn1C. The standard InChI is InChI=1S/C9H11BrN4S/c1-11-9(7-4-12-13-14(7)2)8-3-6(10)5-15-8/h3-5,9,11H,1-2H3. The maximum Gasteiger partial charge on any atom is 0.0856 e. The van der Waals surface area contributed by atoms with E-state index in [2.05, 4.69) is 43.0 Å². The van der Waals surface area contributed by atoms with E-state index >= 15 is 0 Å². The molecule has 0 bridgehead atoms. The first-order valence-electron chi connectivity index (χ1n) is 4.48. The number of aryl methyl sites for hydroxylation is 1. The Balaban J connectivity index is 2.36. The molecular weight excluding hydrogens is 276 g/mol. The van der Waals surface area contributed by atoms with Crippen LogP contribution < -0.4 is 5.32 Å². The van der Waals surface area contributed by atoms with E-state index in [0.717, 1.165) is 10.2 Å². The van der Waals surface area contributed by atoms with Gasteiger partial charge in [-0.05, 0) is 29.0 Å². The molecule has 0 aliphatic heterocycles. The fraction of sp³-hybridized carbons (Fsp3) is 0.333. The zero-order valence-electron chi connectivity index (χ0n) is 8.44. The molecule has 15 heavy (non-hydrogen) atoms. The van der Waals surface area contributed by atoms with Crippen LogP contribution in [0.4, 0.5) is 0 Å². The van der Waals surface area contributed by atoms with Gasteiger partial charge in [0, 0.05) is 21.8 Å². The van der Waals surface area contributed by atoms with E-state index in [4.69, 9.17) is 0 Å². The van der Waals surface area contributed by atoms with E-state index < -0.39 is 0 Å². The molecule has 2 aromatic rings. The minimum Gasteiger partial charge on any atom is -0.307 e. The van der Waals surface area contributed by atoms with Gasteiger partial charge in [-0.3, -0.25) is 4.68 Å². The fourth-order valence-corrected chi connectivity index (χ4v) is 3.04. The second-order valence-corrected chi connectivity index (χ2v) is 5.03. The molecule has 4 nitrogen and oxygen atoms in total. The molecule has 80 valence electrons. The lowest BCUT2D eigenvalue weighted by Gasteiger charge is -2.13. The number of hydrogen-bond donors (Lipinski definition) is 1. The third kappa shape index (κ3) is 2.11. The van der Waals surface area contributed by atoms with Crippen molar-refractivity contribution in [3.63, 3.8) is 0 Å². The summed E-state index contributed by atoms with van der Waals surface area (Å²) in [4.78, 5) is 1.25. The van der Waals surface area contributed by atoms with Crippen LogP contribution in [0.15, 0.2) is 22.1 Å². The molecule has 2 aromatic heterocycles. The molecule has 6 heteroatoms. The Morgan fingerprint density at radius 1 is 1.60 bits per heavy atom. The summed E-state index contributed by atoms with van der Waals surface area (Å²) in [5.41, 5.74) is 1.06. The van der Waals surface area contributed by atoms with Crippen LogP contribution in [-0.2, 0) is 7.05 Å². The van der Waals surface area contributed by atoms with Crippen molar-refractivity contribution in [1.82, 2.24) is 20.3 Å². The van der Waals surface area contributed by atoms with Gasteiger partial charge in [-0.25, -0.2) is 0 Å². The fourth-order valence-electron chi connectivity index (χ4n) is 1.47. The molecule has 0 aromatic carbocycles. The van der Waals surface area contributed by atoms with Gasteiger partial charge in [-0.2, -0.15) is 0 Å². The summed E-state index contributed by atoms with van der Waals surface area (Å²) in [6.45, 7) is 0. The summed E-state index contributed by atoms with van der Waals surface area (Å²) in [5, 5.41) is 13.2. The van der Waals surface area contributed by atoms with Crippen LogP contribution in [0.2, 0.25) is 0 Å². The average Bonchev–Trinajstić information content (AvgIpc) is 2.79. The summed E-state index contributed by atoms with van der Waals surface area (Å²) in [6.07, 6.45) is 1.79. The molecule has 1 unspecified atom stereocenters. The summed E-state index contributed by atoms with van der Waals surface area (Å²) in [6, 6.07) is 2.26. The summed E-state index contributed by atoms with van der Waals surface area (Å²) in [7, 11) is 3.83. The van der Waals surface area contributed by atoms with Crippen molar-refractivity contribution in [1.29, 1.82) is 0 Å². The molecule has 1 atom stereocenters. The Bertz CT molecular complexity index is 450. The van der Waals surface area contributed by atoms with Crippen molar-refractivity contribution in [3.8, 4) is 0 Å². The van der Waals surface area contributed by atoms with Crippen molar-refractivity contribution >= 4 is 27.3 Å². The molecule has 0 radical (unpaired) electrons. The van der Waals surface area contributed by atoms with Crippen LogP contribution in [0.3, 0.4) is 0 Å². The molecule has 0 fully saturated rings. The second kappa shape index (κ2) is 4.42. The van der Waals surface area contributed by atoms with Gasteiger partial charge in [0.2, 0.25) is 0 Å². The lowest BCUT2D eigenvalue weighted by molar-refractivity contribution is 0.604. The first-order valence-corrected chi connectivity index (χ1v) is 6.15. The van der Waals surface area contributed by atoms with Crippen molar-refractivity contribution < 1.29 is 0 Å². The number of rotatable bonds is 3. The Labute approximate surface area is 100 Å². The Morgan fingerprint density at radius 2 is 2.40 bits per heavy atom. The largest absolute Gasteiger partial charge is 0.307 e. The summed E-state index contributed by atoms with van der Waals surface area (Å²) >= 11 is 5.17. The Morgan fingerprint density at radius 3 is 2.87 bits per heavy atom. The highest BCUT2D eigenvalue weighted by atomic mass is 79.9. The Kier molecular flexibility index (Phi) is 3.18. The minimum atomic E-state index is 0.154. The first kappa shape index (κ1) is 10.8. The van der Waals surface area contributed by atoms with Gasteiger partial charge in [0.25, 0.3) is 0 Å². The van der Waals surface area contributed by atoms with Crippen LogP contribution in [0.1, 0.15) is 16.6 Å². The summed E-state index contributed by atoms with van der Waals surface area (Å²) < 4.78 is 2.90. The monoisotopic (exact) mass is 286 g/mol. The molecule has 0 amide bonds. The maximum atomic E-state index is 3.94. The maximum absolute atomic E-state index is 3.94. The summed E-state index contributed by atoms with van der Waals surface area (Å²) in [5.74, 6) is 0. The number of hydrogen-bond acceptors (Lipinski definition) is 4. The van der Waals surface area contributed by atoms with Gasteiger partial charge in [-0.1, -0.05) is 5.21 Å². The van der Waals surface area contributed by atoms with Gasteiger partial charge < -0.3 is 5.32 Å². The van der Waals surface area contributed by atoms with E-state index in [1.165, 1.54) is 4.88 Å². The zero-order valence-corrected chi connectivity index (χ0v) is 10.8. The minimum absolute atomic E-state index is 0.154. The second-order valence-electron chi connectivity index (χ2n) is 3.17. The van der Waals surface area contributed by atoms with E-state index in [1.54, 1.807) is 22.2 Å². The number of nitrogens with one attached hydrogen (secondary N) is 1. The topological polar surface area (TPSA) is 42.7 Å². The van der Waals surface area contributed by atoms with Gasteiger partial charge in [-0.15, -0.1) is 16.4 Å². The molecule has 0 aliphatic rings. The van der Waals surface area contributed by atoms with Gasteiger partial charge in [0.1, 0.15) is 0 Å². The van der Waals surface area contributed by atoms with Crippen LogP contribution in [0, 0.1) is 0 Å². The first-order chi connectivity index (χ1) is 7.22. The predicted molar refractivity (Wildman–Crippen MR) is 63.9 cm³/mol. The quantitative estimate of drug-likeness (QED) is 0.938. The third-order valence-corrected chi connectivity index (χ3v) is 3.96. The lowest BCUT2D eigenvalue weighted by atomic mass is 10.2. The third-order valence-electron chi connectivity index (χ3n) is 2.21. The zero-order chi connectivity index (χ0) is 10.8. The van der Waals surface area contributed by atoms with Gasteiger partial charge in [0.15, 0.2) is 0 Å². The van der Waals surface area contributed by atoms with E-state index in [0.29, 0.717) is 0 Å². The highest BCUT2D eigenvalue weighted by molar-refractivity contribution is 9.10. The van der Waals surface area contributed by atoms with Gasteiger partial charge in [0.05, 0.1) is 17.9 Å². The smallest absolute Gasteiger partial charge is 0.0856 e. The number of thiophene rings is 1. The van der Waals surface area contributed by atoms with E-state index in [1.807, 2.05) is 14.1 Å². The van der Waals surface area contributed by atoms with Crippen molar-refractivity contribution in [2.45, 2.75) is 6.04 Å². The number of aromatic nitrogens is 3. The van der Waals surface area contributed by atoms with Crippen molar-refractivity contribution in [3.05, 3.63) is 32.7 Å². The van der Waals surface area contributed by atoms with Crippen LogP contribution >= 0.6 is 27.3 Å². The number of nitrogens with zero attached hydrogens (tertiary/aromatic N) is 3. The molecule has 0 saturated carbocycles. The highest BCUT2D eigenvalue weighted by Gasteiger charge is 2.17. The molecule has 0 spiro atoms. The van der Waals surface area contributed by atoms with E-state index in [9.17, 15) is 0 Å². The van der Waals surface area contributed by atoms with Crippen LogP contribution in [0.25, 0.3) is 0 Å². The van der Waals surface area contributed by atoms with Crippen molar-refractivity contribution in [2.24, 2.45) is 7.05 Å². The predicted octanol–water partition coefficient (Wildman–Crippen LogP) is 1.95. The molecule has 1 N–H and O–H groups in total. The average molecular weight is 287 g/mol. The van der Waals surface area contributed by atoms with Crippen molar-refractivity contribution in [2.75, 3.05) is 7.05 Å². The van der Waals surface area contributed by atoms with Crippen LogP contribution in [0.5, 0.6) is 0 Å². The molecule has 2 heterocycles. The number of halogens is 1. The lowest BCUT2D eigenvalue weighted by Crippen LogP contribution is -2.19. The molecule has 0 saturated heterocycles.